The number of hydrogen-bond acceptors (Lipinski definition) is 3. The molecule has 0 fully saturated rings. The van der Waals surface area contributed by atoms with E-state index in [1.165, 1.54) is 24.0 Å². The molecular formula is C11H10FN3O3. The Bertz CT molecular complexity index is 660. The first kappa shape index (κ1) is 12.0. The fourth-order valence-electron chi connectivity index (χ4n) is 1.58. The average molecular weight is 251 g/mol. The minimum absolute atomic E-state index is 0.0123. The van der Waals surface area contributed by atoms with E-state index in [2.05, 4.69) is 5.10 Å². The van der Waals surface area contributed by atoms with Crippen molar-refractivity contribution in [2.75, 3.05) is 0 Å². The zero-order chi connectivity index (χ0) is 13.3. The van der Waals surface area contributed by atoms with E-state index in [4.69, 9.17) is 5.11 Å². The molecule has 1 aromatic carbocycles. The van der Waals surface area contributed by atoms with E-state index in [-0.39, 0.29) is 17.8 Å². The van der Waals surface area contributed by atoms with Gasteiger partial charge >= 0.3 is 11.7 Å². The lowest BCUT2D eigenvalue weighted by Gasteiger charge is -2.05. The van der Waals surface area contributed by atoms with Crippen LogP contribution >= 0.6 is 0 Å². The Balaban J connectivity index is 2.43. The van der Waals surface area contributed by atoms with Crippen LogP contribution in [-0.4, -0.2) is 25.4 Å². The average Bonchev–Trinajstić information content (AvgIpc) is 2.63. The first-order valence-electron chi connectivity index (χ1n) is 5.09. The van der Waals surface area contributed by atoms with Crippen LogP contribution < -0.4 is 5.69 Å². The van der Waals surface area contributed by atoms with Gasteiger partial charge in [0.05, 0.1) is 12.1 Å². The Labute approximate surface area is 101 Å². The van der Waals surface area contributed by atoms with Crippen LogP contribution in [0.3, 0.4) is 0 Å². The number of carbonyl (C=O) groups is 1. The van der Waals surface area contributed by atoms with Crippen molar-refractivity contribution in [2.45, 2.75) is 6.54 Å². The van der Waals surface area contributed by atoms with Crippen LogP contribution in [0.5, 0.6) is 0 Å². The van der Waals surface area contributed by atoms with Gasteiger partial charge in [0, 0.05) is 7.05 Å². The van der Waals surface area contributed by atoms with Gasteiger partial charge < -0.3 is 5.11 Å². The van der Waals surface area contributed by atoms with Crippen molar-refractivity contribution >= 4 is 5.97 Å². The van der Waals surface area contributed by atoms with E-state index < -0.39 is 11.8 Å². The Kier molecular flexibility index (Phi) is 2.97. The van der Waals surface area contributed by atoms with Gasteiger partial charge in [-0.1, -0.05) is 6.07 Å². The summed E-state index contributed by atoms with van der Waals surface area (Å²) in [6, 6.07) is 3.40. The lowest BCUT2D eigenvalue weighted by molar-refractivity contribution is 0.0695. The maximum absolute atomic E-state index is 13.0. The molecule has 18 heavy (non-hydrogen) atoms. The number of hydrogen-bond donors (Lipinski definition) is 1. The van der Waals surface area contributed by atoms with Crippen LogP contribution in [-0.2, 0) is 13.6 Å². The SMILES string of the molecule is Cn1cnn(Cc2ccc(F)cc2C(=O)O)c1=O. The Morgan fingerprint density at radius 2 is 2.22 bits per heavy atom. The van der Waals surface area contributed by atoms with E-state index in [1.807, 2.05) is 0 Å². The maximum Gasteiger partial charge on any atom is 0.345 e. The summed E-state index contributed by atoms with van der Waals surface area (Å²) in [5.74, 6) is -1.88. The lowest BCUT2D eigenvalue weighted by Crippen LogP contribution is -2.24. The molecule has 0 saturated carbocycles. The molecule has 6 nitrogen and oxygen atoms in total. The molecule has 1 aromatic heterocycles. The zero-order valence-electron chi connectivity index (χ0n) is 9.50. The highest BCUT2D eigenvalue weighted by atomic mass is 19.1. The normalized spacial score (nSPS) is 10.6. The second kappa shape index (κ2) is 4.44. The molecule has 0 atom stereocenters. The Hall–Kier alpha value is -2.44. The molecule has 2 rings (SSSR count). The number of nitrogens with zero attached hydrogens (tertiary/aromatic N) is 3. The largest absolute Gasteiger partial charge is 0.478 e. The van der Waals surface area contributed by atoms with Gasteiger partial charge in [-0.05, 0) is 17.7 Å². The Morgan fingerprint density at radius 3 is 2.78 bits per heavy atom. The second-order valence-corrected chi connectivity index (χ2v) is 3.79. The highest BCUT2D eigenvalue weighted by Crippen LogP contribution is 2.12. The first-order valence-corrected chi connectivity index (χ1v) is 5.09. The third-order valence-electron chi connectivity index (χ3n) is 2.51. The molecule has 94 valence electrons. The summed E-state index contributed by atoms with van der Waals surface area (Å²) >= 11 is 0. The molecule has 0 spiro atoms. The van der Waals surface area contributed by atoms with E-state index in [0.29, 0.717) is 5.56 Å². The van der Waals surface area contributed by atoms with E-state index >= 15 is 0 Å². The van der Waals surface area contributed by atoms with Crippen molar-refractivity contribution in [3.63, 3.8) is 0 Å². The summed E-state index contributed by atoms with van der Waals surface area (Å²) in [5, 5.41) is 12.8. The molecular weight excluding hydrogens is 241 g/mol. The van der Waals surface area contributed by atoms with Crippen molar-refractivity contribution in [1.82, 2.24) is 14.3 Å². The highest BCUT2D eigenvalue weighted by Gasteiger charge is 2.13. The number of halogens is 1. The Morgan fingerprint density at radius 1 is 1.50 bits per heavy atom. The number of carboxylic acid groups (broad SMARTS) is 1. The fraction of sp³-hybridized carbons (Fsp3) is 0.182. The first-order chi connectivity index (χ1) is 8.49. The number of carboxylic acids is 1. The summed E-state index contributed by atoms with van der Waals surface area (Å²) in [7, 11) is 1.54. The predicted molar refractivity (Wildman–Crippen MR) is 59.9 cm³/mol. The molecule has 2 aromatic rings. The lowest BCUT2D eigenvalue weighted by atomic mass is 10.1. The summed E-state index contributed by atoms with van der Waals surface area (Å²) in [5.41, 5.74) is -0.215. The number of aromatic carboxylic acids is 1. The molecule has 1 N–H and O–H groups in total. The topological polar surface area (TPSA) is 77.1 Å². The van der Waals surface area contributed by atoms with Crippen LogP contribution in [0.25, 0.3) is 0 Å². The molecule has 0 amide bonds. The van der Waals surface area contributed by atoms with Gasteiger partial charge in [0.25, 0.3) is 0 Å². The molecule has 0 saturated heterocycles. The number of rotatable bonds is 3. The molecule has 1 heterocycles. The van der Waals surface area contributed by atoms with Gasteiger partial charge in [-0.25, -0.2) is 18.7 Å². The van der Waals surface area contributed by atoms with Crippen molar-refractivity contribution < 1.29 is 14.3 Å². The molecule has 0 aliphatic heterocycles. The molecule has 0 aliphatic rings. The van der Waals surface area contributed by atoms with Crippen LogP contribution in [0, 0.1) is 5.82 Å². The van der Waals surface area contributed by atoms with Crippen LogP contribution in [0.1, 0.15) is 15.9 Å². The summed E-state index contributed by atoms with van der Waals surface area (Å²) in [4.78, 5) is 22.5. The molecule has 0 aliphatic carbocycles. The summed E-state index contributed by atoms with van der Waals surface area (Å²) in [6.45, 7) is -0.0123. The van der Waals surface area contributed by atoms with Gasteiger partial charge in [0.15, 0.2) is 0 Å². The van der Waals surface area contributed by atoms with Crippen molar-refractivity contribution in [3.8, 4) is 0 Å². The van der Waals surface area contributed by atoms with Gasteiger partial charge in [-0.15, -0.1) is 0 Å². The molecule has 0 unspecified atom stereocenters. The second-order valence-electron chi connectivity index (χ2n) is 3.79. The molecule has 7 heteroatoms. The number of benzene rings is 1. The van der Waals surface area contributed by atoms with E-state index in [9.17, 15) is 14.0 Å². The van der Waals surface area contributed by atoms with Crippen LogP contribution in [0.4, 0.5) is 4.39 Å². The van der Waals surface area contributed by atoms with Crippen molar-refractivity contribution in [1.29, 1.82) is 0 Å². The summed E-state index contributed by atoms with van der Waals surface area (Å²) in [6.07, 6.45) is 1.33. The van der Waals surface area contributed by atoms with Crippen molar-refractivity contribution in [2.24, 2.45) is 7.05 Å². The summed E-state index contributed by atoms with van der Waals surface area (Å²) < 4.78 is 15.4. The monoisotopic (exact) mass is 251 g/mol. The van der Waals surface area contributed by atoms with Crippen LogP contribution in [0.15, 0.2) is 29.3 Å². The van der Waals surface area contributed by atoms with E-state index in [0.717, 1.165) is 16.8 Å². The fourth-order valence-corrected chi connectivity index (χ4v) is 1.58. The highest BCUT2D eigenvalue weighted by molar-refractivity contribution is 5.89. The zero-order valence-corrected chi connectivity index (χ0v) is 9.50. The quantitative estimate of drug-likeness (QED) is 0.860. The number of aryl methyl sites for hydroxylation is 1. The maximum atomic E-state index is 13.0. The molecule has 0 bridgehead atoms. The number of aromatic nitrogens is 3. The van der Waals surface area contributed by atoms with Gasteiger partial charge in [0.2, 0.25) is 0 Å². The van der Waals surface area contributed by atoms with E-state index in [1.54, 1.807) is 0 Å². The third kappa shape index (κ3) is 2.15. The standard InChI is InChI=1S/C11H10FN3O3/c1-14-6-13-15(11(14)18)5-7-2-3-8(12)4-9(7)10(16)17/h2-4,6H,5H2,1H3,(H,16,17). The predicted octanol–water partition coefficient (Wildman–Crippen LogP) is 0.467. The van der Waals surface area contributed by atoms with Crippen LogP contribution in [0.2, 0.25) is 0 Å². The van der Waals surface area contributed by atoms with Gasteiger partial charge in [0.1, 0.15) is 12.1 Å². The van der Waals surface area contributed by atoms with Crippen molar-refractivity contribution in [3.05, 3.63) is 52.0 Å². The smallest absolute Gasteiger partial charge is 0.345 e. The minimum Gasteiger partial charge on any atom is -0.478 e. The van der Waals surface area contributed by atoms with Gasteiger partial charge in [-0.3, -0.25) is 4.57 Å². The molecule has 0 radical (unpaired) electrons. The third-order valence-corrected chi connectivity index (χ3v) is 2.51. The minimum atomic E-state index is -1.24. The van der Waals surface area contributed by atoms with Gasteiger partial charge in [-0.2, -0.15) is 5.10 Å².